The van der Waals surface area contributed by atoms with Crippen molar-refractivity contribution in [3.63, 3.8) is 0 Å². The van der Waals surface area contributed by atoms with Gasteiger partial charge in [-0.25, -0.2) is 9.97 Å². The van der Waals surface area contributed by atoms with Crippen LogP contribution >= 0.6 is 0 Å². The van der Waals surface area contributed by atoms with E-state index in [0.717, 1.165) is 83.9 Å². The van der Waals surface area contributed by atoms with Gasteiger partial charge in [0, 0.05) is 50.5 Å². The van der Waals surface area contributed by atoms with E-state index in [4.69, 9.17) is 9.97 Å². The van der Waals surface area contributed by atoms with Crippen LogP contribution in [0.4, 0.5) is 0 Å². The van der Waals surface area contributed by atoms with Gasteiger partial charge in [0.2, 0.25) is 0 Å². The number of H-pyrrole nitrogens is 1. The number of aromatic nitrogens is 4. The molecule has 0 aliphatic carbocycles. The summed E-state index contributed by atoms with van der Waals surface area (Å²) in [5, 5.41) is 0. The molecule has 234 valence electrons. The number of benzene rings is 4. The predicted molar refractivity (Wildman–Crippen MR) is 200 cm³/mol. The molecule has 1 N–H and O–H groups in total. The molecule has 0 unspecified atom stereocenters. The zero-order chi connectivity index (χ0) is 31.9. The molecule has 0 radical (unpaired) electrons. The molecular formula is C44H30FeN4. The van der Waals surface area contributed by atoms with Crippen molar-refractivity contribution in [2.45, 2.75) is 0 Å². The van der Waals surface area contributed by atoms with Gasteiger partial charge in [-0.2, -0.15) is 0 Å². The van der Waals surface area contributed by atoms with Crippen LogP contribution < -0.4 is 0 Å². The number of nitrogens with one attached hydrogen (secondary N) is 1. The van der Waals surface area contributed by atoms with Gasteiger partial charge in [0.1, 0.15) is 0 Å². The molecule has 2 aliphatic rings. The Morgan fingerprint density at radius 3 is 1.49 bits per heavy atom. The topological polar surface area (TPSA) is 46.5 Å². The van der Waals surface area contributed by atoms with Crippen molar-refractivity contribution in [2.24, 2.45) is 0 Å². The molecule has 5 heteroatoms. The van der Waals surface area contributed by atoms with Crippen LogP contribution in [0.3, 0.4) is 0 Å². The molecule has 7 aromatic rings. The number of fused-ring (bicyclic) bond motifs is 8. The minimum absolute atomic E-state index is 0. The summed E-state index contributed by atoms with van der Waals surface area (Å²) in [6, 6.07) is 53.3. The van der Waals surface area contributed by atoms with Crippen LogP contribution in [0.1, 0.15) is 22.8 Å². The molecule has 0 amide bonds. The van der Waals surface area contributed by atoms with E-state index in [1.54, 1.807) is 0 Å². The summed E-state index contributed by atoms with van der Waals surface area (Å²) < 4.78 is 2.41. The van der Waals surface area contributed by atoms with E-state index in [2.05, 4.69) is 186 Å². The number of para-hydroxylation sites is 1. The summed E-state index contributed by atoms with van der Waals surface area (Å²) in [4.78, 5) is 13.9. The molecule has 2 aliphatic heterocycles. The molecular weight excluding hydrogens is 640 g/mol. The van der Waals surface area contributed by atoms with E-state index >= 15 is 0 Å². The summed E-state index contributed by atoms with van der Waals surface area (Å²) >= 11 is 0. The molecule has 0 spiro atoms. The van der Waals surface area contributed by atoms with E-state index in [0.29, 0.717) is 0 Å². The van der Waals surface area contributed by atoms with Gasteiger partial charge in [0.05, 0.1) is 33.8 Å². The maximum atomic E-state index is 5.29. The van der Waals surface area contributed by atoms with Gasteiger partial charge in [-0.05, 0) is 83.5 Å². The average molecular weight is 671 g/mol. The molecule has 4 aromatic carbocycles. The van der Waals surface area contributed by atoms with Crippen molar-refractivity contribution in [3.05, 3.63) is 174 Å². The predicted octanol–water partition coefficient (Wildman–Crippen LogP) is 11.1. The summed E-state index contributed by atoms with van der Waals surface area (Å²) in [7, 11) is 0. The van der Waals surface area contributed by atoms with Crippen molar-refractivity contribution >= 4 is 46.4 Å². The van der Waals surface area contributed by atoms with Crippen LogP contribution in [0, 0.1) is 0 Å². The second kappa shape index (κ2) is 12.9. The Bertz CT molecular complexity index is 2530. The fraction of sp³-hybridized carbons (Fsp3) is 0. The number of aromatic amines is 1. The fourth-order valence-electron chi connectivity index (χ4n) is 6.81. The molecule has 8 bridgehead atoms. The molecule has 5 heterocycles. The summed E-state index contributed by atoms with van der Waals surface area (Å²) in [6.07, 6.45) is 8.44. The van der Waals surface area contributed by atoms with Gasteiger partial charge in [-0.1, -0.05) is 109 Å². The molecule has 49 heavy (non-hydrogen) atoms. The minimum Gasteiger partial charge on any atom is -0.355 e. The molecule has 0 saturated heterocycles. The molecule has 0 saturated carbocycles. The Morgan fingerprint density at radius 2 is 0.898 bits per heavy atom. The van der Waals surface area contributed by atoms with Gasteiger partial charge in [0.15, 0.2) is 0 Å². The number of nitrogens with zero attached hydrogens (tertiary/aromatic N) is 3. The van der Waals surface area contributed by atoms with Crippen LogP contribution in [0.15, 0.2) is 152 Å². The zero-order valence-electron chi connectivity index (χ0n) is 26.4. The first-order valence-electron chi connectivity index (χ1n) is 16.2. The van der Waals surface area contributed by atoms with Crippen molar-refractivity contribution in [1.82, 2.24) is 19.5 Å². The smallest absolute Gasteiger partial charge is 0.0737 e. The molecule has 0 atom stereocenters. The Balaban J connectivity index is 0.00000348. The average Bonchev–Trinajstić information content (AvgIpc) is 3.95. The molecule has 9 rings (SSSR count). The van der Waals surface area contributed by atoms with Crippen molar-refractivity contribution < 1.29 is 17.1 Å². The first-order valence-corrected chi connectivity index (χ1v) is 16.2. The van der Waals surface area contributed by atoms with E-state index in [-0.39, 0.29) is 17.1 Å². The van der Waals surface area contributed by atoms with Crippen LogP contribution in [0.5, 0.6) is 0 Å². The van der Waals surface area contributed by atoms with Crippen molar-refractivity contribution in [2.75, 3.05) is 0 Å². The second-order valence-electron chi connectivity index (χ2n) is 12.0. The first kappa shape index (κ1) is 30.3. The summed E-state index contributed by atoms with van der Waals surface area (Å²) in [6.45, 7) is 0. The van der Waals surface area contributed by atoms with Gasteiger partial charge in [-0.3, -0.25) is 0 Å². The van der Waals surface area contributed by atoms with Crippen LogP contribution in [-0.2, 0) is 17.1 Å². The number of rotatable bonds is 4. The Hall–Kier alpha value is -6.00. The fourth-order valence-corrected chi connectivity index (χ4v) is 6.81. The third kappa shape index (κ3) is 5.66. The molecule has 0 fully saturated rings. The number of hydrogen-bond donors (Lipinski definition) is 1. The Labute approximate surface area is 295 Å². The maximum Gasteiger partial charge on any atom is 0.0737 e. The monoisotopic (exact) mass is 670 g/mol. The minimum atomic E-state index is 0. The van der Waals surface area contributed by atoms with Crippen molar-refractivity contribution in [3.8, 4) is 39.1 Å². The first-order chi connectivity index (χ1) is 23.8. The SMILES string of the molecule is C1=Cc2cc3c(-c4ccccc4)c(-c4ccccc4)c(c(-c4ccccc4)c4nc(cc5ccc(cc1n2)[nH]5)C=C4)n3-c1ccccc1.[Fe]. The maximum absolute atomic E-state index is 5.29. The van der Waals surface area contributed by atoms with Crippen LogP contribution in [0.2, 0.25) is 0 Å². The van der Waals surface area contributed by atoms with Crippen molar-refractivity contribution in [1.29, 1.82) is 0 Å². The quantitative estimate of drug-likeness (QED) is 0.190. The Morgan fingerprint density at radius 1 is 0.429 bits per heavy atom. The third-order valence-electron chi connectivity index (χ3n) is 8.87. The standard InChI is InChI=1S/C44H30N4.Fe/c1-5-13-30(14-6-1)41-39-26-25-36(47-39)28-35-22-21-33(45-35)27-34-23-24-37(46-34)29-40-42(31-15-7-2-8-16-31)43(32-17-9-3-10-18-32)44(41)48(40)38-19-11-4-12-20-38;/h1-29,45H;. The van der Waals surface area contributed by atoms with E-state index < -0.39 is 0 Å². The van der Waals surface area contributed by atoms with Crippen LogP contribution in [-0.4, -0.2) is 19.5 Å². The van der Waals surface area contributed by atoms with E-state index in [9.17, 15) is 0 Å². The largest absolute Gasteiger partial charge is 0.355 e. The second-order valence-corrected chi connectivity index (χ2v) is 12.0. The van der Waals surface area contributed by atoms with Gasteiger partial charge in [-0.15, -0.1) is 0 Å². The molecule has 3 aromatic heterocycles. The summed E-state index contributed by atoms with van der Waals surface area (Å²) in [5.41, 5.74) is 15.4. The van der Waals surface area contributed by atoms with Gasteiger partial charge >= 0.3 is 0 Å². The van der Waals surface area contributed by atoms with E-state index in [1.165, 1.54) is 0 Å². The molecule has 4 nitrogen and oxygen atoms in total. The zero-order valence-corrected chi connectivity index (χ0v) is 27.5. The third-order valence-corrected chi connectivity index (χ3v) is 8.87. The number of hydrogen-bond acceptors (Lipinski definition) is 2. The van der Waals surface area contributed by atoms with Gasteiger partial charge in [0.25, 0.3) is 0 Å². The van der Waals surface area contributed by atoms with Gasteiger partial charge < -0.3 is 9.55 Å². The summed E-state index contributed by atoms with van der Waals surface area (Å²) in [5.74, 6) is 0. The normalized spacial score (nSPS) is 11.8. The van der Waals surface area contributed by atoms with Crippen LogP contribution in [0.25, 0.3) is 85.4 Å². The Kier molecular flexibility index (Phi) is 7.98. The van der Waals surface area contributed by atoms with E-state index in [1.807, 2.05) is 0 Å².